The fourth-order valence-electron chi connectivity index (χ4n) is 3.07. The minimum atomic E-state index is -0.123. The summed E-state index contributed by atoms with van der Waals surface area (Å²) in [5.41, 5.74) is 3.03. The third-order valence-electron chi connectivity index (χ3n) is 4.73. The summed E-state index contributed by atoms with van der Waals surface area (Å²) in [7, 11) is 2.12. The number of hydrogen-bond acceptors (Lipinski definition) is 3. The highest BCUT2D eigenvalue weighted by atomic mass is 16.2. The van der Waals surface area contributed by atoms with Gasteiger partial charge in [0.25, 0.3) is 0 Å². The van der Waals surface area contributed by atoms with E-state index < -0.39 is 0 Å². The van der Waals surface area contributed by atoms with Gasteiger partial charge in [0.15, 0.2) is 0 Å². The first-order valence-electron chi connectivity index (χ1n) is 8.53. The molecule has 1 atom stereocenters. The van der Waals surface area contributed by atoms with Crippen molar-refractivity contribution >= 4 is 11.6 Å². The highest BCUT2D eigenvalue weighted by molar-refractivity contribution is 5.98. The smallest absolute Gasteiger partial charge is 0.241 e. The van der Waals surface area contributed by atoms with Gasteiger partial charge in [-0.15, -0.1) is 0 Å². The maximum absolute atomic E-state index is 12.7. The molecule has 0 unspecified atom stereocenters. The van der Waals surface area contributed by atoms with Crippen LogP contribution in [0.4, 0.5) is 5.69 Å². The van der Waals surface area contributed by atoms with Crippen LogP contribution in [0.1, 0.15) is 6.92 Å². The molecular formula is C20H25N3O. The molecule has 0 radical (unpaired) electrons. The van der Waals surface area contributed by atoms with Crippen molar-refractivity contribution in [3.05, 3.63) is 54.6 Å². The molecule has 1 saturated heterocycles. The molecule has 1 aliphatic rings. The number of hydrogen-bond donors (Lipinski definition) is 1. The summed E-state index contributed by atoms with van der Waals surface area (Å²) < 4.78 is 0. The van der Waals surface area contributed by atoms with E-state index in [1.54, 1.807) is 0 Å². The zero-order valence-electron chi connectivity index (χ0n) is 14.4. The minimum absolute atomic E-state index is 0.0583. The number of para-hydroxylation sites is 1. The van der Waals surface area contributed by atoms with Crippen LogP contribution in [0.15, 0.2) is 54.6 Å². The average Bonchev–Trinajstić information content (AvgIpc) is 2.63. The van der Waals surface area contributed by atoms with Crippen molar-refractivity contribution in [3.8, 4) is 11.1 Å². The van der Waals surface area contributed by atoms with Crippen molar-refractivity contribution in [3.63, 3.8) is 0 Å². The van der Waals surface area contributed by atoms with Crippen LogP contribution in [0.25, 0.3) is 11.1 Å². The van der Waals surface area contributed by atoms with E-state index in [1.165, 1.54) is 0 Å². The predicted molar refractivity (Wildman–Crippen MR) is 99.0 cm³/mol. The largest absolute Gasteiger partial charge is 0.324 e. The molecule has 0 saturated carbocycles. The van der Waals surface area contributed by atoms with Gasteiger partial charge in [-0.3, -0.25) is 9.69 Å². The molecule has 1 N–H and O–H groups in total. The van der Waals surface area contributed by atoms with Gasteiger partial charge in [0, 0.05) is 37.4 Å². The Morgan fingerprint density at radius 1 is 0.958 bits per heavy atom. The second-order valence-corrected chi connectivity index (χ2v) is 6.42. The highest BCUT2D eigenvalue weighted by Gasteiger charge is 2.24. The first-order chi connectivity index (χ1) is 11.6. The molecule has 2 aromatic carbocycles. The lowest BCUT2D eigenvalue weighted by atomic mass is 10.0. The van der Waals surface area contributed by atoms with Crippen LogP contribution >= 0.6 is 0 Å². The first kappa shape index (κ1) is 16.7. The number of likely N-dealkylation sites (N-methyl/N-ethyl adjacent to an activating group) is 1. The minimum Gasteiger partial charge on any atom is -0.324 e. The van der Waals surface area contributed by atoms with E-state index in [0.29, 0.717) is 0 Å². The van der Waals surface area contributed by atoms with Gasteiger partial charge < -0.3 is 10.2 Å². The van der Waals surface area contributed by atoms with Gasteiger partial charge in [-0.1, -0.05) is 48.5 Å². The van der Waals surface area contributed by atoms with Gasteiger partial charge in [0.05, 0.1) is 6.04 Å². The van der Waals surface area contributed by atoms with Gasteiger partial charge >= 0.3 is 0 Å². The van der Waals surface area contributed by atoms with E-state index in [2.05, 4.69) is 34.3 Å². The summed E-state index contributed by atoms with van der Waals surface area (Å²) in [6, 6.07) is 18.0. The fraction of sp³-hybridized carbons (Fsp3) is 0.350. The number of rotatable bonds is 4. The quantitative estimate of drug-likeness (QED) is 0.940. The van der Waals surface area contributed by atoms with Crippen molar-refractivity contribution in [1.82, 2.24) is 9.80 Å². The van der Waals surface area contributed by atoms with Gasteiger partial charge in [-0.2, -0.15) is 0 Å². The maximum Gasteiger partial charge on any atom is 0.241 e. The van der Waals surface area contributed by atoms with E-state index in [4.69, 9.17) is 0 Å². The Kier molecular flexibility index (Phi) is 5.28. The fourth-order valence-corrected chi connectivity index (χ4v) is 3.07. The monoisotopic (exact) mass is 323 g/mol. The molecular weight excluding hydrogens is 298 g/mol. The molecule has 4 heteroatoms. The number of piperazine rings is 1. The molecule has 1 amide bonds. The normalized spacial score (nSPS) is 17.4. The molecule has 1 aliphatic heterocycles. The number of nitrogens with one attached hydrogen (secondary N) is 1. The van der Waals surface area contributed by atoms with Gasteiger partial charge in [-0.25, -0.2) is 0 Å². The number of amides is 1. The average molecular weight is 323 g/mol. The van der Waals surface area contributed by atoms with Gasteiger partial charge in [0.2, 0.25) is 5.91 Å². The zero-order valence-corrected chi connectivity index (χ0v) is 14.4. The molecule has 0 spiro atoms. The van der Waals surface area contributed by atoms with Gasteiger partial charge in [-0.05, 0) is 25.6 Å². The Morgan fingerprint density at radius 3 is 2.29 bits per heavy atom. The molecule has 1 heterocycles. The van der Waals surface area contributed by atoms with Crippen molar-refractivity contribution in [2.75, 3.05) is 38.5 Å². The number of anilines is 1. The number of carbonyl (C=O) groups excluding carboxylic acids is 1. The summed E-state index contributed by atoms with van der Waals surface area (Å²) in [6.45, 7) is 5.89. The third kappa shape index (κ3) is 3.83. The van der Waals surface area contributed by atoms with Crippen LogP contribution < -0.4 is 5.32 Å². The van der Waals surface area contributed by atoms with Crippen LogP contribution in [-0.4, -0.2) is 55.0 Å². The lowest BCUT2D eigenvalue weighted by Gasteiger charge is -2.35. The Hall–Kier alpha value is -2.17. The predicted octanol–water partition coefficient (Wildman–Crippen LogP) is 2.93. The van der Waals surface area contributed by atoms with Gasteiger partial charge in [0.1, 0.15) is 0 Å². The van der Waals surface area contributed by atoms with E-state index in [-0.39, 0.29) is 11.9 Å². The third-order valence-corrected chi connectivity index (χ3v) is 4.73. The topological polar surface area (TPSA) is 35.6 Å². The van der Waals surface area contributed by atoms with Crippen molar-refractivity contribution in [1.29, 1.82) is 0 Å². The summed E-state index contributed by atoms with van der Waals surface area (Å²) >= 11 is 0. The number of nitrogens with zero attached hydrogens (tertiary/aromatic N) is 2. The van der Waals surface area contributed by atoms with E-state index in [0.717, 1.165) is 43.0 Å². The molecule has 0 aliphatic carbocycles. The first-order valence-corrected chi connectivity index (χ1v) is 8.53. The summed E-state index contributed by atoms with van der Waals surface area (Å²) in [5, 5.41) is 3.12. The second kappa shape index (κ2) is 7.60. The summed E-state index contributed by atoms with van der Waals surface area (Å²) in [5.74, 6) is 0.0583. The van der Waals surface area contributed by atoms with E-state index >= 15 is 0 Å². The molecule has 2 aromatic rings. The standard InChI is InChI=1S/C20H25N3O/c1-16(23-14-12-22(2)13-15-23)20(24)21-19-11-7-6-10-18(19)17-8-4-3-5-9-17/h3-11,16H,12-15H2,1-2H3,(H,21,24)/t16-/m1/s1. The van der Waals surface area contributed by atoms with E-state index in [9.17, 15) is 4.79 Å². The SMILES string of the molecule is C[C@H](C(=O)Nc1ccccc1-c1ccccc1)N1CCN(C)CC1. The summed E-state index contributed by atoms with van der Waals surface area (Å²) in [6.07, 6.45) is 0. The van der Waals surface area contributed by atoms with Crippen LogP contribution in [-0.2, 0) is 4.79 Å². The van der Waals surface area contributed by atoms with Crippen LogP contribution in [0.5, 0.6) is 0 Å². The Balaban J connectivity index is 1.73. The zero-order chi connectivity index (χ0) is 16.9. The second-order valence-electron chi connectivity index (χ2n) is 6.42. The molecule has 24 heavy (non-hydrogen) atoms. The molecule has 126 valence electrons. The summed E-state index contributed by atoms with van der Waals surface area (Å²) in [4.78, 5) is 17.3. The Bertz CT molecular complexity index is 678. The maximum atomic E-state index is 12.7. The number of benzene rings is 2. The van der Waals surface area contributed by atoms with Crippen molar-refractivity contribution in [2.24, 2.45) is 0 Å². The molecule has 4 nitrogen and oxygen atoms in total. The molecule has 1 fully saturated rings. The lowest BCUT2D eigenvalue weighted by Crippen LogP contribution is -2.51. The number of carbonyl (C=O) groups is 1. The van der Waals surface area contributed by atoms with Crippen molar-refractivity contribution in [2.45, 2.75) is 13.0 Å². The lowest BCUT2D eigenvalue weighted by molar-refractivity contribution is -0.121. The Labute approximate surface area is 144 Å². The van der Waals surface area contributed by atoms with E-state index in [1.807, 2.05) is 49.4 Å². The highest BCUT2D eigenvalue weighted by Crippen LogP contribution is 2.27. The van der Waals surface area contributed by atoms with Crippen LogP contribution in [0, 0.1) is 0 Å². The Morgan fingerprint density at radius 2 is 1.58 bits per heavy atom. The molecule has 3 rings (SSSR count). The van der Waals surface area contributed by atoms with Crippen LogP contribution in [0.2, 0.25) is 0 Å². The van der Waals surface area contributed by atoms with Crippen molar-refractivity contribution < 1.29 is 4.79 Å². The van der Waals surface area contributed by atoms with Crippen LogP contribution in [0.3, 0.4) is 0 Å². The molecule has 0 aromatic heterocycles. The molecule has 0 bridgehead atoms.